The summed E-state index contributed by atoms with van der Waals surface area (Å²) in [7, 11) is 0. The van der Waals surface area contributed by atoms with Crippen LogP contribution in [0.25, 0.3) is 20.7 Å². The van der Waals surface area contributed by atoms with E-state index in [4.69, 9.17) is 0 Å². The van der Waals surface area contributed by atoms with E-state index in [1.165, 1.54) is 15.9 Å². The Kier molecular flexibility index (Phi) is 4.69. The van der Waals surface area contributed by atoms with Gasteiger partial charge in [0.2, 0.25) is 0 Å². The lowest BCUT2D eigenvalue weighted by Gasteiger charge is -2.09. The van der Waals surface area contributed by atoms with Crippen molar-refractivity contribution >= 4 is 27.3 Å². The maximum atomic E-state index is 13.1. The third-order valence-electron chi connectivity index (χ3n) is 5.03. The summed E-state index contributed by atoms with van der Waals surface area (Å²) in [5, 5.41) is 0.558. The quantitative estimate of drug-likeness (QED) is 0.466. The minimum absolute atomic E-state index is 0.00732. The molecule has 0 radical (unpaired) electrons. The number of fused-ring (bicyclic) bond motifs is 1. The molecule has 5 heteroatoms. The summed E-state index contributed by atoms with van der Waals surface area (Å²) in [6.07, 6.45) is 0. The van der Waals surface area contributed by atoms with E-state index in [-0.39, 0.29) is 17.9 Å². The van der Waals surface area contributed by atoms with Gasteiger partial charge in [-0.15, -0.1) is 11.3 Å². The number of carbonyl (C=O) groups excluding carboxylic acids is 1. The van der Waals surface area contributed by atoms with E-state index in [2.05, 4.69) is 4.98 Å². The Hall–Kier alpha value is -3.05. The number of hydrogen-bond acceptors (Lipinski definition) is 4. The second kappa shape index (κ2) is 7.17. The van der Waals surface area contributed by atoms with Crippen LogP contribution in [0.1, 0.15) is 27.3 Å². The van der Waals surface area contributed by atoms with Crippen molar-refractivity contribution in [3.8, 4) is 10.4 Å². The number of thiophene rings is 1. The summed E-state index contributed by atoms with van der Waals surface area (Å²) in [4.78, 5) is 32.1. The van der Waals surface area contributed by atoms with Crippen LogP contribution in [0, 0.1) is 20.8 Å². The number of hydrogen-bond donors (Lipinski definition) is 0. The molecular formula is C23H20N2O2S. The zero-order valence-electron chi connectivity index (χ0n) is 16.0. The second-order valence-corrected chi connectivity index (χ2v) is 8.00. The Morgan fingerprint density at radius 3 is 2.46 bits per heavy atom. The van der Waals surface area contributed by atoms with E-state index in [9.17, 15) is 9.59 Å². The van der Waals surface area contributed by atoms with E-state index in [0.29, 0.717) is 21.6 Å². The monoisotopic (exact) mass is 388 g/mol. The lowest BCUT2D eigenvalue weighted by molar-refractivity contribution is 0.0969. The van der Waals surface area contributed by atoms with Gasteiger partial charge in [0.1, 0.15) is 10.7 Å². The van der Waals surface area contributed by atoms with Gasteiger partial charge in [0, 0.05) is 10.4 Å². The highest BCUT2D eigenvalue weighted by Gasteiger charge is 2.16. The largest absolute Gasteiger partial charge is 0.292 e. The fourth-order valence-electron chi connectivity index (χ4n) is 3.20. The molecule has 0 unspecified atom stereocenters. The van der Waals surface area contributed by atoms with Gasteiger partial charge in [-0.3, -0.25) is 14.2 Å². The molecule has 4 rings (SSSR count). The number of carbonyl (C=O) groups is 1. The van der Waals surface area contributed by atoms with Crippen LogP contribution in [0.5, 0.6) is 0 Å². The van der Waals surface area contributed by atoms with E-state index < -0.39 is 0 Å². The Morgan fingerprint density at radius 2 is 1.75 bits per heavy atom. The third kappa shape index (κ3) is 3.29. The van der Waals surface area contributed by atoms with Crippen molar-refractivity contribution in [2.75, 3.05) is 0 Å². The smallest absolute Gasteiger partial charge is 0.262 e. The number of benzene rings is 2. The normalized spacial score (nSPS) is 11.1. The summed E-state index contributed by atoms with van der Waals surface area (Å²) < 4.78 is 1.47. The summed E-state index contributed by atoms with van der Waals surface area (Å²) in [6, 6.07) is 17.4. The highest BCUT2D eigenvalue weighted by atomic mass is 32.1. The topological polar surface area (TPSA) is 52.0 Å². The molecule has 0 aliphatic carbocycles. The van der Waals surface area contributed by atoms with Crippen LogP contribution in [0.2, 0.25) is 0 Å². The number of nitrogens with zero attached hydrogens (tertiary/aromatic N) is 2. The molecule has 2 heterocycles. The van der Waals surface area contributed by atoms with Crippen molar-refractivity contribution in [3.63, 3.8) is 0 Å². The number of ketones is 1. The first-order valence-electron chi connectivity index (χ1n) is 9.11. The molecule has 2 aromatic carbocycles. The van der Waals surface area contributed by atoms with Crippen molar-refractivity contribution < 1.29 is 4.79 Å². The molecule has 4 nitrogen and oxygen atoms in total. The maximum absolute atomic E-state index is 13.1. The van der Waals surface area contributed by atoms with Crippen molar-refractivity contribution in [3.05, 3.63) is 87.5 Å². The molecule has 0 amide bonds. The summed E-state index contributed by atoms with van der Waals surface area (Å²) >= 11 is 1.50. The zero-order chi connectivity index (χ0) is 19.8. The van der Waals surface area contributed by atoms with E-state index in [0.717, 1.165) is 21.6 Å². The van der Waals surface area contributed by atoms with Crippen molar-refractivity contribution in [2.45, 2.75) is 27.3 Å². The third-order valence-corrected chi connectivity index (χ3v) is 6.11. The van der Waals surface area contributed by atoms with E-state index >= 15 is 0 Å². The number of aryl methyl sites for hydroxylation is 3. The molecule has 0 saturated carbocycles. The fourth-order valence-corrected chi connectivity index (χ4v) is 4.27. The predicted molar refractivity (Wildman–Crippen MR) is 114 cm³/mol. The summed E-state index contributed by atoms with van der Waals surface area (Å²) in [6.45, 7) is 5.76. The standard InChI is InChI=1S/C23H20N2O2S/c1-14-9-10-18(11-15(14)2)20(26)13-25-16(3)24-22-19(23(25)27)12-21(28-22)17-7-5-4-6-8-17/h4-12H,13H2,1-3H3. The van der Waals surface area contributed by atoms with Gasteiger partial charge in [-0.1, -0.05) is 42.5 Å². The highest BCUT2D eigenvalue weighted by molar-refractivity contribution is 7.21. The Labute approximate surface area is 167 Å². The SMILES string of the molecule is Cc1ccc(C(=O)Cn2c(C)nc3sc(-c4ccccc4)cc3c2=O)cc1C. The Bertz CT molecular complexity index is 1250. The summed E-state index contributed by atoms with van der Waals surface area (Å²) in [5.74, 6) is 0.462. The van der Waals surface area contributed by atoms with E-state index in [1.54, 1.807) is 6.92 Å². The molecule has 0 spiro atoms. The van der Waals surface area contributed by atoms with Crippen LogP contribution in [-0.4, -0.2) is 15.3 Å². The molecule has 0 aliphatic rings. The van der Waals surface area contributed by atoms with Crippen molar-refractivity contribution in [1.82, 2.24) is 9.55 Å². The average molecular weight is 388 g/mol. The molecule has 4 aromatic rings. The van der Waals surface area contributed by atoms with Crippen LogP contribution >= 0.6 is 11.3 Å². The van der Waals surface area contributed by atoms with Crippen LogP contribution in [0.4, 0.5) is 0 Å². The van der Waals surface area contributed by atoms with Crippen LogP contribution in [0.15, 0.2) is 59.4 Å². The molecule has 0 N–H and O–H groups in total. The summed E-state index contributed by atoms with van der Waals surface area (Å²) in [5.41, 5.74) is 3.71. The fraction of sp³-hybridized carbons (Fsp3) is 0.174. The molecule has 0 fully saturated rings. The van der Waals surface area contributed by atoms with Gasteiger partial charge in [0.25, 0.3) is 5.56 Å². The van der Waals surface area contributed by atoms with Crippen molar-refractivity contribution in [2.24, 2.45) is 0 Å². The number of rotatable bonds is 4. The molecule has 0 saturated heterocycles. The first kappa shape index (κ1) is 18.3. The second-order valence-electron chi connectivity index (χ2n) is 6.97. The average Bonchev–Trinajstić information content (AvgIpc) is 3.12. The van der Waals surface area contributed by atoms with Gasteiger partial charge in [-0.2, -0.15) is 0 Å². The van der Waals surface area contributed by atoms with Crippen molar-refractivity contribution in [1.29, 1.82) is 0 Å². The van der Waals surface area contributed by atoms with Gasteiger partial charge in [-0.25, -0.2) is 4.98 Å². The minimum Gasteiger partial charge on any atom is -0.292 e. The van der Waals surface area contributed by atoms with Crippen LogP contribution in [0.3, 0.4) is 0 Å². The first-order valence-corrected chi connectivity index (χ1v) is 9.92. The lowest BCUT2D eigenvalue weighted by Crippen LogP contribution is -2.27. The molecule has 2 aromatic heterocycles. The van der Waals surface area contributed by atoms with Crippen LogP contribution < -0.4 is 5.56 Å². The van der Waals surface area contributed by atoms with Gasteiger partial charge >= 0.3 is 0 Å². The van der Waals surface area contributed by atoms with Gasteiger partial charge in [0.05, 0.1) is 11.9 Å². The molecule has 0 atom stereocenters. The Balaban J connectivity index is 1.74. The predicted octanol–water partition coefficient (Wildman–Crippen LogP) is 4.93. The minimum atomic E-state index is -0.168. The molecule has 140 valence electrons. The molecule has 28 heavy (non-hydrogen) atoms. The first-order chi connectivity index (χ1) is 13.4. The molecule has 0 bridgehead atoms. The zero-order valence-corrected chi connectivity index (χ0v) is 16.8. The Morgan fingerprint density at radius 1 is 1.00 bits per heavy atom. The van der Waals surface area contributed by atoms with E-state index in [1.807, 2.05) is 68.4 Å². The maximum Gasteiger partial charge on any atom is 0.262 e. The van der Waals surface area contributed by atoms with Gasteiger partial charge < -0.3 is 0 Å². The molecule has 0 aliphatic heterocycles. The molecular weight excluding hydrogens is 368 g/mol. The van der Waals surface area contributed by atoms with Crippen LogP contribution in [-0.2, 0) is 6.54 Å². The highest BCUT2D eigenvalue weighted by Crippen LogP contribution is 2.30. The number of Topliss-reactive ketones (excluding diaryl/α,β-unsaturated/α-hetero) is 1. The lowest BCUT2D eigenvalue weighted by atomic mass is 10.0. The van der Waals surface area contributed by atoms with Gasteiger partial charge in [-0.05, 0) is 49.6 Å². The van der Waals surface area contributed by atoms with Gasteiger partial charge in [0.15, 0.2) is 5.78 Å². The number of aromatic nitrogens is 2.